The van der Waals surface area contributed by atoms with E-state index in [4.69, 9.17) is 0 Å². The molecule has 18 heavy (non-hydrogen) atoms. The van der Waals surface area contributed by atoms with Crippen LogP contribution in [0.1, 0.15) is 44.5 Å². The monoisotopic (exact) mass is 266 g/mol. The lowest BCUT2D eigenvalue weighted by Gasteiger charge is -2.35. The number of thiophene rings is 1. The van der Waals surface area contributed by atoms with E-state index in [-0.39, 0.29) is 0 Å². The average Bonchev–Trinajstić information content (AvgIpc) is 3.00. The Morgan fingerprint density at radius 3 is 2.61 bits per heavy atom. The normalized spacial score (nSPS) is 19.4. The zero-order chi connectivity index (χ0) is 13.1. The van der Waals surface area contributed by atoms with Crippen LogP contribution in [0.3, 0.4) is 0 Å². The first kappa shape index (κ1) is 14.0. The summed E-state index contributed by atoms with van der Waals surface area (Å²) >= 11 is 1.86. The molecule has 0 bridgehead atoms. The molecule has 0 spiro atoms. The first-order valence-electron chi connectivity index (χ1n) is 7.08. The third-order valence-electron chi connectivity index (χ3n) is 4.05. The Morgan fingerprint density at radius 2 is 2.11 bits per heavy atom. The van der Waals surface area contributed by atoms with E-state index in [1.165, 1.54) is 17.7 Å². The fourth-order valence-electron chi connectivity index (χ4n) is 2.44. The number of nitrogens with one attached hydrogen (secondary N) is 1. The largest absolute Gasteiger partial charge is 0.312 e. The van der Waals surface area contributed by atoms with Crippen LogP contribution in [-0.2, 0) is 0 Å². The number of rotatable bonds is 7. The Balaban J connectivity index is 1.95. The Morgan fingerprint density at radius 1 is 1.39 bits per heavy atom. The minimum atomic E-state index is 0.512. The standard InChI is InChI=1S/C15H26N2S/c1-11(2)14(10-16-13-7-8-13)17(4)12(3)15-6-5-9-18-15/h5-6,9,11-14,16H,7-8,10H2,1-4H3. The van der Waals surface area contributed by atoms with Gasteiger partial charge in [0.1, 0.15) is 0 Å². The van der Waals surface area contributed by atoms with Crippen LogP contribution in [0.2, 0.25) is 0 Å². The van der Waals surface area contributed by atoms with Gasteiger partial charge in [-0.3, -0.25) is 4.90 Å². The molecule has 102 valence electrons. The lowest BCUT2D eigenvalue weighted by molar-refractivity contribution is 0.143. The quantitative estimate of drug-likeness (QED) is 0.812. The maximum absolute atomic E-state index is 3.68. The highest BCUT2D eigenvalue weighted by Crippen LogP contribution is 2.27. The molecule has 1 aromatic rings. The molecule has 1 aromatic heterocycles. The zero-order valence-corrected chi connectivity index (χ0v) is 12.8. The number of nitrogens with zero attached hydrogens (tertiary/aromatic N) is 1. The van der Waals surface area contributed by atoms with Crippen molar-refractivity contribution in [3.8, 4) is 0 Å². The van der Waals surface area contributed by atoms with Crippen LogP contribution in [0.4, 0.5) is 0 Å². The minimum absolute atomic E-state index is 0.512. The smallest absolute Gasteiger partial charge is 0.0413 e. The van der Waals surface area contributed by atoms with Crippen molar-refractivity contribution in [1.29, 1.82) is 0 Å². The molecule has 0 radical (unpaired) electrons. The maximum atomic E-state index is 3.68. The SMILES string of the molecule is CC(C)C(CNC1CC1)N(C)C(C)c1cccs1. The fourth-order valence-corrected chi connectivity index (χ4v) is 3.28. The Bertz CT molecular complexity index is 343. The molecular formula is C15H26N2S. The van der Waals surface area contributed by atoms with E-state index < -0.39 is 0 Å². The first-order chi connectivity index (χ1) is 8.59. The highest BCUT2D eigenvalue weighted by molar-refractivity contribution is 7.10. The molecule has 1 heterocycles. The number of hydrogen-bond donors (Lipinski definition) is 1. The van der Waals surface area contributed by atoms with Crippen molar-refractivity contribution >= 4 is 11.3 Å². The van der Waals surface area contributed by atoms with E-state index >= 15 is 0 Å². The van der Waals surface area contributed by atoms with Gasteiger partial charge in [-0.05, 0) is 44.2 Å². The van der Waals surface area contributed by atoms with Gasteiger partial charge in [-0.15, -0.1) is 11.3 Å². The molecular weight excluding hydrogens is 240 g/mol. The highest BCUT2D eigenvalue weighted by Gasteiger charge is 2.27. The summed E-state index contributed by atoms with van der Waals surface area (Å²) < 4.78 is 0. The Labute approximate surface area is 115 Å². The molecule has 1 aliphatic carbocycles. The molecule has 1 saturated carbocycles. The Hall–Kier alpha value is -0.380. The van der Waals surface area contributed by atoms with Crippen LogP contribution in [0.15, 0.2) is 17.5 Å². The van der Waals surface area contributed by atoms with Crippen LogP contribution < -0.4 is 5.32 Å². The van der Waals surface area contributed by atoms with Crippen molar-refractivity contribution in [3.63, 3.8) is 0 Å². The van der Waals surface area contributed by atoms with E-state index in [9.17, 15) is 0 Å². The van der Waals surface area contributed by atoms with Gasteiger partial charge in [-0.25, -0.2) is 0 Å². The molecule has 0 saturated heterocycles. The predicted molar refractivity (Wildman–Crippen MR) is 80.1 cm³/mol. The summed E-state index contributed by atoms with van der Waals surface area (Å²) in [5, 5.41) is 5.85. The van der Waals surface area contributed by atoms with Crippen molar-refractivity contribution in [2.75, 3.05) is 13.6 Å². The number of likely N-dealkylation sites (N-methyl/N-ethyl adjacent to an activating group) is 1. The third-order valence-corrected chi connectivity index (χ3v) is 5.09. The van der Waals surface area contributed by atoms with Crippen molar-refractivity contribution in [2.24, 2.45) is 5.92 Å². The third kappa shape index (κ3) is 3.56. The summed E-state index contributed by atoms with van der Waals surface area (Å²) in [6.07, 6.45) is 2.74. The fraction of sp³-hybridized carbons (Fsp3) is 0.733. The Kier molecular flexibility index (Phi) is 4.82. The van der Waals surface area contributed by atoms with Crippen molar-refractivity contribution in [2.45, 2.75) is 51.7 Å². The molecule has 2 rings (SSSR count). The van der Waals surface area contributed by atoms with Gasteiger partial charge in [-0.2, -0.15) is 0 Å². The van der Waals surface area contributed by atoms with Gasteiger partial charge in [0.05, 0.1) is 0 Å². The van der Waals surface area contributed by atoms with Gasteiger partial charge in [0, 0.05) is 29.5 Å². The number of hydrogen-bond acceptors (Lipinski definition) is 3. The molecule has 3 heteroatoms. The van der Waals surface area contributed by atoms with Crippen molar-refractivity contribution in [3.05, 3.63) is 22.4 Å². The molecule has 0 amide bonds. The van der Waals surface area contributed by atoms with E-state index in [1.54, 1.807) is 0 Å². The second-order valence-electron chi connectivity index (χ2n) is 5.85. The second kappa shape index (κ2) is 6.18. The lowest BCUT2D eigenvalue weighted by atomic mass is 10.0. The molecule has 2 nitrogen and oxygen atoms in total. The summed E-state index contributed by atoms with van der Waals surface area (Å²) in [6, 6.07) is 6.33. The van der Waals surface area contributed by atoms with Crippen LogP contribution >= 0.6 is 11.3 Å². The summed E-state index contributed by atoms with van der Waals surface area (Å²) in [7, 11) is 2.27. The molecule has 1 N–H and O–H groups in total. The van der Waals surface area contributed by atoms with Gasteiger partial charge in [-0.1, -0.05) is 19.9 Å². The molecule has 1 aliphatic rings. The lowest BCUT2D eigenvalue weighted by Crippen LogP contribution is -2.45. The van der Waals surface area contributed by atoms with Crippen LogP contribution in [-0.4, -0.2) is 30.6 Å². The van der Waals surface area contributed by atoms with Crippen molar-refractivity contribution in [1.82, 2.24) is 10.2 Å². The first-order valence-corrected chi connectivity index (χ1v) is 7.96. The molecule has 1 fully saturated rings. The topological polar surface area (TPSA) is 15.3 Å². The molecule has 2 unspecified atom stereocenters. The van der Waals surface area contributed by atoms with E-state index in [2.05, 4.69) is 55.5 Å². The van der Waals surface area contributed by atoms with E-state index in [0.717, 1.165) is 12.6 Å². The van der Waals surface area contributed by atoms with E-state index in [0.29, 0.717) is 18.0 Å². The summed E-state index contributed by atoms with van der Waals surface area (Å²) in [5.74, 6) is 0.684. The molecule has 0 aromatic carbocycles. The summed E-state index contributed by atoms with van der Waals surface area (Å²) in [4.78, 5) is 4.00. The molecule has 0 aliphatic heterocycles. The predicted octanol–water partition coefficient (Wildman–Crippen LogP) is 3.52. The highest BCUT2D eigenvalue weighted by atomic mass is 32.1. The minimum Gasteiger partial charge on any atom is -0.312 e. The maximum Gasteiger partial charge on any atom is 0.0413 e. The molecule has 2 atom stereocenters. The van der Waals surface area contributed by atoms with Crippen molar-refractivity contribution < 1.29 is 0 Å². The average molecular weight is 266 g/mol. The second-order valence-corrected chi connectivity index (χ2v) is 6.83. The summed E-state index contributed by atoms with van der Waals surface area (Å²) in [6.45, 7) is 8.10. The van der Waals surface area contributed by atoms with Gasteiger partial charge in [0.15, 0.2) is 0 Å². The van der Waals surface area contributed by atoms with Gasteiger partial charge in [0.2, 0.25) is 0 Å². The van der Waals surface area contributed by atoms with Crippen LogP contribution in [0, 0.1) is 5.92 Å². The van der Waals surface area contributed by atoms with Crippen LogP contribution in [0.25, 0.3) is 0 Å². The van der Waals surface area contributed by atoms with Gasteiger partial charge >= 0.3 is 0 Å². The van der Waals surface area contributed by atoms with E-state index in [1.807, 2.05) is 11.3 Å². The zero-order valence-electron chi connectivity index (χ0n) is 12.0. The van der Waals surface area contributed by atoms with Gasteiger partial charge < -0.3 is 5.32 Å². The van der Waals surface area contributed by atoms with Crippen LogP contribution in [0.5, 0.6) is 0 Å². The summed E-state index contributed by atoms with van der Waals surface area (Å²) in [5.41, 5.74) is 0. The van der Waals surface area contributed by atoms with Gasteiger partial charge in [0.25, 0.3) is 0 Å².